The van der Waals surface area contributed by atoms with E-state index in [9.17, 15) is 14.4 Å². The zero-order valence-electron chi connectivity index (χ0n) is 29.5. The van der Waals surface area contributed by atoms with Crippen LogP contribution >= 0.6 is 0 Å². The molecule has 0 radical (unpaired) electrons. The first-order valence-corrected chi connectivity index (χ1v) is 18.0. The van der Waals surface area contributed by atoms with Crippen molar-refractivity contribution in [3.8, 4) is 0 Å². The van der Waals surface area contributed by atoms with Gasteiger partial charge in [0.05, 0.1) is 7.11 Å². The molecule has 270 valence electrons. The summed E-state index contributed by atoms with van der Waals surface area (Å²) < 4.78 is 21.4. The predicted octanol–water partition coefficient (Wildman–Crippen LogP) is -0.348. The number of carbonyl (C=O) groups excluding carboxylic acids is 3. The molecular formula is C39H54Cl2N2O6. The second-order valence-corrected chi connectivity index (χ2v) is 15.5. The van der Waals surface area contributed by atoms with Gasteiger partial charge in [-0.05, 0) is 98.7 Å². The molecule has 0 N–H and O–H groups in total. The standard InChI is InChI=1S/C39H54N2O6.2ClH/c1-27(11-16-35(42)45-4)31-14-15-32-30-13-12-28-23-29(46-36(43)25-40-19-7-5-8-20-40)17-18-38(28,2)33(30)24-34(39(31,32)3)47-37(44)26-41-21-9-6-10-22-41;;/h5-10,19-22,27-34H,11-18,23-26H2,1-4H3;2*1H/q+2;;/p-2/t27-,28-,29-,30+,31-,32+,33+,34+,38+,39-;;/m1../s1. The summed E-state index contributed by atoms with van der Waals surface area (Å²) in [7, 11) is 1.46. The molecule has 0 aromatic carbocycles. The van der Waals surface area contributed by atoms with Crippen LogP contribution in [0.1, 0.15) is 85.0 Å². The highest BCUT2D eigenvalue weighted by Crippen LogP contribution is 2.69. The van der Waals surface area contributed by atoms with Crippen LogP contribution in [0.3, 0.4) is 0 Å². The van der Waals surface area contributed by atoms with E-state index in [1.807, 2.05) is 70.3 Å². The number of carbonyl (C=O) groups is 3. The first kappa shape index (κ1) is 39.1. The van der Waals surface area contributed by atoms with Gasteiger partial charge in [0.1, 0.15) is 12.2 Å². The normalized spacial score (nSPS) is 33.6. The molecular weight excluding hydrogens is 663 g/mol. The molecule has 10 heteroatoms. The van der Waals surface area contributed by atoms with Gasteiger partial charge in [-0.1, -0.05) is 32.9 Å². The predicted molar refractivity (Wildman–Crippen MR) is 174 cm³/mol. The van der Waals surface area contributed by atoms with Crippen molar-refractivity contribution >= 4 is 17.9 Å². The van der Waals surface area contributed by atoms with Crippen LogP contribution in [-0.4, -0.2) is 37.2 Å². The van der Waals surface area contributed by atoms with E-state index >= 15 is 0 Å². The molecule has 49 heavy (non-hydrogen) atoms. The molecule has 0 bridgehead atoms. The van der Waals surface area contributed by atoms with Gasteiger partial charge in [0.25, 0.3) is 0 Å². The third-order valence-electron chi connectivity index (χ3n) is 13.2. The third-order valence-corrected chi connectivity index (χ3v) is 13.2. The van der Waals surface area contributed by atoms with E-state index in [-0.39, 0.29) is 78.8 Å². The van der Waals surface area contributed by atoms with Gasteiger partial charge in [0.15, 0.2) is 24.8 Å². The van der Waals surface area contributed by atoms with Crippen LogP contribution < -0.4 is 33.9 Å². The first-order chi connectivity index (χ1) is 22.6. The van der Waals surface area contributed by atoms with Crippen LogP contribution in [0, 0.1) is 46.3 Å². The Morgan fingerprint density at radius 2 is 1.37 bits per heavy atom. The van der Waals surface area contributed by atoms with E-state index in [1.54, 1.807) is 0 Å². The van der Waals surface area contributed by atoms with Crippen molar-refractivity contribution in [2.75, 3.05) is 7.11 Å². The molecule has 4 saturated carbocycles. The smallest absolute Gasteiger partial charge is 0.372 e. The molecule has 2 aromatic heterocycles. The summed E-state index contributed by atoms with van der Waals surface area (Å²) in [4.78, 5) is 38.5. The average molecular weight is 718 g/mol. The minimum Gasteiger partial charge on any atom is -1.00 e. The number of fused-ring (bicyclic) bond motifs is 5. The summed E-state index contributed by atoms with van der Waals surface area (Å²) >= 11 is 0. The largest absolute Gasteiger partial charge is 1.00 e. The summed E-state index contributed by atoms with van der Waals surface area (Å²) in [5, 5.41) is 0. The van der Waals surface area contributed by atoms with E-state index in [1.165, 1.54) is 13.5 Å². The number of rotatable bonds is 10. The molecule has 10 atom stereocenters. The fourth-order valence-electron chi connectivity index (χ4n) is 10.8. The zero-order valence-corrected chi connectivity index (χ0v) is 31.0. The van der Waals surface area contributed by atoms with E-state index < -0.39 is 0 Å². The Balaban J connectivity index is 0.00000270. The van der Waals surface area contributed by atoms with Gasteiger partial charge < -0.3 is 39.0 Å². The molecule has 4 aliphatic carbocycles. The maximum absolute atomic E-state index is 13.6. The fourth-order valence-corrected chi connectivity index (χ4v) is 10.8. The molecule has 4 aliphatic rings. The van der Waals surface area contributed by atoms with Crippen molar-refractivity contribution < 1.29 is 62.5 Å². The maximum Gasteiger partial charge on any atom is 0.372 e. The molecule has 6 rings (SSSR count). The Morgan fingerprint density at radius 1 is 0.755 bits per heavy atom. The maximum atomic E-state index is 13.6. The Hall–Kier alpha value is -2.71. The quantitative estimate of drug-likeness (QED) is 0.190. The molecule has 0 amide bonds. The Morgan fingerprint density at radius 3 is 1.98 bits per heavy atom. The van der Waals surface area contributed by atoms with E-state index in [2.05, 4.69) is 20.8 Å². The summed E-state index contributed by atoms with van der Waals surface area (Å²) in [5.41, 5.74) is -0.0203. The minimum absolute atomic E-state index is 0. The van der Waals surface area contributed by atoms with Crippen molar-refractivity contribution in [3.05, 3.63) is 61.2 Å². The average Bonchev–Trinajstić information content (AvgIpc) is 3.43. The Kier molecular flexibility index (Phi) is 13.2. The second kappa shape index (κ2) is 16.5. The van der Waals surface area contributed by atoms with Gasteiger partial charge in [0.2, 0.25) is 13.1 Å². The summed E-state index contributed by atoms with van der Waals surface area (Å²) in [5.74, 6) is 2.21. The topological polar surface area (TPSA) is 86.7 Å². The molecule has 0 spiro atoms. The summed E-state index contributed by atoms with van der Waals surface area (Å²) in [6, 6.07) is 11.6. The van der Waals surface area contributed by atoms with Crippen molar-refractivity contribution in [2.24, 2.45) is 46.3 Å². The molecule has 0 unspecified atom stereocenters. The van der Waals surface area contributed by atoms with Crippen molar-refractivity contribution in [3.63, 3.8) is 0 Å². The number of methoxy groups -OCH3 is 1. The van der Waals surface area contributed by atoms with Crippen molar-refractivity contribution in [1.82, 2.24) is 0 Å². The van der Waals surface area contributed by atoms with Crippen LogP contribution in [0.4, 0.5) is 0 Å². The van der Waals surface area contributed by atoms with E-state index in [0.717, 1.165) is 51.4 Å². The van der Waals surface area contributed by atoms with Crippen LogP contribution in [0.15, 0.2) is 61.2 Å². The number of halogens is 2. The Bertz CT molecular complexity index is 1410. The Labute approximate surface area is 304 Å². The number of ether oxygens (including phenoxy) is 3. The number of pyridine rings is 2. The van der Waals surface area contributed by atoms with Crippen LogP contribution in [0.2, 0.25) is 0 Å². The number of nitrogens with zero attached hydrogens (tertiary/aromatic N) is 2. The molecule has 0 saturated heterocycles. The third kappa shape index (κ3) is 8.11. The summed E-state index contributed by atoms with van der Waals surface area (Å²) in [6.07, 6.45) is 16.9. The number of hydrogen-bond acceptors (Lipinski definition) is 6. The van der Waals surface area contributed by atoms with Gasteiger partial charge in [-0.3, -0.25) is 4.79 Å². The van der Waals surface area contributed by atoms with Crippen molar-refractivity contribution in [2.45, 2.75) is 110 Å². The van der Waals surface area contributed by atoms with Crippen LogP contribution in [0.25, 0.3) is 0 Å². The number of hydrogen-bond donors (Lipinski definition) is 0. The lowest BCUT2D eigenvalue weighted by molar-refractivity contribution is -0.686. The highest BCUT2D eigenvalue weighted by atomic mass is 35.5. The minimum atomic E-state index is -0.179. The van der Waals surface area contributed by atoms with Crippen LogP contribution in [-0.2, 0) is 41.7 Å². The van der Waals surface area contributed by atoms with Gasteiger partial charge in [0, 0.05) is 36.1 Å². The molecule has 8 nitrogen and oxygen atoms in total. The van der Waals surface area contributed by atoms with Gasteiger partial charge >= 0.3 is 17.9 Å². The first-order valence-electron chi connectivity index (χ1n) is 18.0. The lowest BCUT2D eigenvalue weighted by Gasteiger charge is -2.62. The zero-order chi connectivity index (χ0) is 33.2. The van der Waals surface area contributed by atoms with Gasteiger partial charge in [-0.2, -0.15) is 9.13 Å². The van der Waals surface area contributed by atoms with E-state index in [4.69, 9.17) is 14.2 Å². The highest BCUT2D eigenvalue weighted by molar-refractivity contribution is 5.69. The molecule has 2 aromatic rings. The van der Waals surface area contributed by atoms with Gasteiger partial charge in [-0.25, -0.2) is 9.59 Å². The van der Waals surface area contributed by atoms with Gasteiger partial charge in [-0.15, -0.1) is 0 Å². The summed E-state index contributed by atoms with van der Waals surface area (Å²) in [6.45, 7) is 7.60. The lowest BCUT2D eigenvalue weighted by Crippen LogP contribution is -3.00. The second-order valence-electron chi connectivity index (χ2n) is 15.5. The number of esters is 3. The lowest BCUT2D eigenvalue weighted by atomic mass is 9.43. The van der Waals surface area contributed by atoms with Crippen LogP contribution in [0.5, 0.6) is 0 Å². The highest BCUT2D eigenvalue weighted by Gasteiger charge is 2.65. The molecule has 4 fully saturated rings. The monoisotopic (exact) mass is 716 g/mol. The van der Waals surface area contributed by atoms with Crippen molar-refractivity contribution in [1.29, 1.82) is 0 Å². The fraction of sp³-hybridized carbons (Fsp3) is 0.667. The number of aromatic nitrogens is 2. The SMILES string of the molecule is COC(=O)CC[C@@H](C)[C@H]1CC[C@H]2[C@@H]3CC[C@@H]4C[C@H](OC(=O)C[n+]5ccccc5)CC[C@]4(C)[C@H]3C[C@H](OC(=O)C[n+]3ccccc3)[C@]12C.[Cl-].[Cl-]. The molecule has 0 aliphatic heterocycles. The van der Waals surface area contributed by atoms with E-state index in [0.29, 0.717) is 41.9 Å². The molecule has 2 heterocycles.